The van der Waals surface area contributed by atoms with Gasteiger partial charge in [0.2, 0.25) is 6.20 Å². The Bertz CT molecular complexity index is 377. The highest BCUT2D eigenvalue weighted by Crippen LogP contribution is 2.18. The van der Waals surface area contributed by atoms with Gasteiger partial charge >= 0.3 is 0 Å². The first kappa shape index (κ1) is 12.4. The quantitative estimate of drug-likeness (QED) is 0.438. The first-order chi connectivity index (χ1) is 7.52. The molecule has 0 amide bonds. The van der Waals surface area contributed by atoms with Gasteiger partial charge in [-0.05, 0) is 13.8 Å². The van der Waals surface area contributed by atoms with Gasteiger partial charge in [0.15, 0.2) is 11.9 Å². The molecule has 0 aliphatic carbocycles. The molecule has 0 unspecified atom stereocenters. The molecule has 1 heterocycles. The molecule has 16 heavy (non-hydrogen) atoms. The van der Waals surface area contributed by atoms with Gasteiger partial charge in [-0.3, -0.25) is 0 Å². The third-order valence-corrected chi connectivity index (χ3v) is 1.94. The second kappa shape index (κ2) is 5.46. The molecule has 0 bridgehead atoms. The van der Waals surface area contributed by atoms with Crippen LogP contribution in [0.4, 0.5) is 0 Å². The largest absolute Gasteiger partial charge is 0.619 e. The van der Waals surface area contributed by atoms with Gasteiger partial charge in [0, 0.05) is 23.8 Å². The predicted molar refractivity (Wildman–Crippen MR) is 59.7 cm³/mol. The molecule has 0 fully saturated rings. The Morgan fingerprint density at radius 2 is 2.31 bits per heavy atom. The highest BCUT2D eigenvalue weighted by molar-refractivity contribution is 5.85. The first-order valence-electron chi connectivity index (χ1n) is 5.08. The highest BCUT2D eigenvalue weighted by atomic mass is 16.5. The van der Waals surface area contributed by atoms with E-state index in [1.165, 1.54) is 12.4 Å². The van der Waals surface area contributed by atoms with Gasteiger partial charge in [0.25, 0.3) is 0 Å². The van der Waals surface area contributed by atoms with E-state index in [4.69, 9.17) is 15.3 Å². The van der Waals surface area contributed by atoms with E-state index < -0.39 is 0 Å². The van der Waals surface area contributed by atoms with Crippen LogP contribution in [-0.2, 0) is 6.42 Å². The van der Waals surface area contributed by atoms with Gasteiger partial charge in [-0.25, -0.2) is 0 Å². The smallest absolute Gasteiger partial charge is 0.222 e. The van der Waals surface area contributed by atoms with Crippen LogP contribution < -0.4 is 9.47 Å². The summed E-state index contributed by atoms with van der Waals surface area (Å²) in [5, 5.41) is 27.3. The summed E-state index contributed by atoms with van der Waals surface area (Å²) in [6.45, 7) is 3.44. The molecule has 0 saturated heterocycles. The van der Waals surface area contributed by atoms with E-state index in [0.29, 0.717) is 16.9 Å². The fraction of sp³-hybridized carbons (Fsp3) is 0.455. The average Bonchev–Trinajstić information content (AvgIpc) is 2.21. The number of aliphatic hydroxyl groups excluding tert-OH is 1. The van der Waals surface area contributed by atoms with Gasteiger partial charge in [-0.2, -0.15) is 4.73 Å². The molecule has 0 atom stereocenters. The molecule has 88 valence electrons. The zero-order valence-corrected chi connectivity index (χ0v) is 9.43. The number of nitrogens with one attached hydrogen (secondary N) is 1. The van der Waals surface area contributed by atoms with Gasteiger partial charge in [0.05, 0.1) is 12.7 Å². The van der Waals surface area contributed by atoms with Gasteiger partial charge in [0.1, 0.15) is 0 Å². The topological polar surface area (TPSA) is 80.2 Å². The van der Waals surface area contributed by atoms with Crippen LogP contribution in [0.5, 0.6) is 5.75 Å². The minimum Gasteiger partial charge on any atom is -0.619 e. The number of rotatable bonds is 5. The van der Waals surface area contributed by atoms with Crippen molar-refractivity contribution in [2.75, 3.05) is 6.61 Å². The molecule has 1 rings (SSSR count). The van der Waals surface area contributed by atoms with Crippen molar-refractivity contribution in [2.45, 2.75) is 26.4 Å². The Kier molecular flexibility index (Phi) is 4.25. The maximum atomic E-state index is 11.1. The summed E-state index contributed by atoms with van der Waals surface area (Å²) in [5.74, 6) is 0.464. The molecule has 2 N–H and O–H groups in total. The number of ether oxygens (including phenoxy) is 1. The van der Waals surface area contributed by atoms with Crippen LogP contribution in [0.25, 0.3) is 0 Å². The lowest BCUT2D eigenvalue weighted by Gasteiger charge is -2.13. The van der Waals surface area contributed by atoms with Crippen molar-refractivity contribution >= 4 is 5.71 Å². The SMILES string of the molecule is CC(C)Oc1c[n+]([O-])ccc1CC(=N)CO. The maximum Gasteiger partial charge on any atom is 0.222 e. The molecule has 0 aromatic carbocycles. The van der Waals surface area contributed by atoms with E-state index in [2.05, 4.69) is 0 Å². The molecular formula is C11H16N2O3. The first-order valence-corrected chi connectivity index (χ1v) is 5.08. The van der Waals surface area contributed by atoms with Crippen molar-refractivity contribution in [1.29, 1.82) is 5.41 Å². The zero-order chi connectivity index (χ0) is 12.1. The monoisotopic (exact) mass is 224 g/mol. The Balaban J connectivity index is 2.93. The van der Waals surface area contributed by atoms with E-state index in [1.54, 1.807) is 6.07 Å². The molecule has 0 radical (unpaired) electrons. The van der Waals surface area contributed by atoms with Crippen LogP contribution >= 0.6 is 0 Å². The van der Waals surface area contributed by atoms with E-state index in [1.807, 2.05) is 13.8 Å². The second-order valence-corrected chi connectivity index (χ2v) is 3.80. The minimum atomic E-state index is -0.284. The van der Waals surface area contributed by atoms with E-state index >= 15 is 0 Å². The normalized spacial score (nSPS) is 10.5. The number of hydrogen-bond donors (Lipinski definition) is 2. The molecular weight excluding hydrogens is 208 g/mol. The number of aromatic nitrogens is 1. The molecule has 0 aliphatic heterocycles. The molecule has 0 spiro atoms. The lowest BCUT2D eigenvalue weighted by molar-refractivity contribution is -0.605. The number of hydrogen-bond acceptors (Lipinski definition) is 4. The number of nitrogens with zero attached hydrogens (tertiary/aromatic N) is 1. The Hall–Kier alpha value is -1.62. The molecule has 5 nitrogen and oxygen atoms in total. The molecule has 5 heteroatoms. The van der Waals surface area contributed by atoms with Crippen molar-refractivity contribution in [2.24, 2.45) is 0 Å². The van der Waals surface area contributed by atoms with Crippen molar-refractivity contribution in [3.63, 3.8) is 0 Å². The summed E-state index contributed by atoms with van der Waals surface area (Å²) in [6.07, 6.45) is 2.94. The predicted octanol–water partition coefficient (Wildman–Crippen LogP) is 0.662. The molecule has 1 aromatic rings. The third kappa shape index (κ3) is 3.51. The van der Waals surface area contributed by atoms with E-state index in [-0.39, 0.29) is 18.4 Å². The van der Waals surface area contributed by atoms with Crippen molar-refractivity contribution in [3.05, 3.63) is 29.2 Å². The zero-order valence-electron chi connectivity index (χ0n) is 9.43. The fourth-order valence-electron chi connectivity index (χ4n) is 1.28. The molecule has 0 aliphatic rings. The fourth-order valence-corrected chi connectivity index (χ4v) is 1.28. The Morgan fingerprint density at radius 3 is 2.88 bits per heavy atom. The summed E-state index contributed by atoms with van der Waals surface area (Å²) >= 11 is 0. The van der Waals surface area contributed by atoms with Crippen LogP contribution in [0.1, 0.15) is 19.4 Å². The summed E-state index contributed by atoms with van der Waals surface area (Å²) in [7, 11) is 0. The van der Waals surface area contributed by atoms with Gasteiger partial charge < -0.3 is 20.5 Å². The third-order valence-electron chi connectivity index (χ3n) is 1.94. The molecule has 1 aromatic heterocycles. The number of pyridine rings is 1. The van der Waals surface area contributed by atoms with E-state index in [9.17, 15) is 5.21 Å². The van der Waals surface area contributed by atoms with Crippen LogP contribution in [0, 0.1) is 10.6 Å². The molecule has 0 saturated carbocycles. The van der Waals surface area contributed by atoms with Crippen LogP contribution in [0.15, 0.2) is 18.5 Å². The summed E-state index contributed by atoms with van der Waals surface area (Å²) in [4.78, 5) is 0. The summed E-state index contributed by atoms with van der Waals surface area (Å²) < 4.78 is 6.13. The summed E-state index contributed by atoms with van der Waals surface area (Å²) in [6, 6.07) is 1.61. The standard InChI is InChI=1S/C11H16N2O3/c1-8(2)16-11-6-13(15)4-3-9(11)5-10(12)7-14/h3-4,6,8,12,14H,5,7H2,1-2H3. The lowest BCUT2D eigenvalue weighted by atomic mass is 10.1. The Labute approximate surface area is 94.4 Å². The van der Waals surface area contributed by atoms with E-state index in [0.717, 1.165) is 5.56 Å². The lowest BCUT2D eigenvalue weighted by Crippen LogP contribution is -2.26. The maximum absolute atomic E-state index is 11.1. The highest BCUT2D eigenvalue weighted by Gasteiger charge is 2.11. The average molecular weight is 224 g/mol. The van der Waals surface area contributed by atoms with Crippen molar-refractivity contribution in [1.82, 2.24) is 0 Å². The van der Waals surface area contributed by atoms with Gasteiger partial charge in [-0.1, -0.05) is 0 Å². The van der Waals surface area contributed by atoms with Gasteiger partial charge in [-0.15, -0.1) is 0 Å². The Morgan fingerprint density at radius 1 is 1.62 bits per heavy atom. The van der Waals surface area contributed by atoms with Crippen molar-refractivity contribution < 1.29 is 14.6 Å². The number of aliphatic hydroxyl groups is 1. The van der Waals surface area contributed by atoms with Crippen LogP contribution in [0.2, 0.25) is 0 Å². The van der Waals surface area contributed by atoms with Crippen molar-refractivity contribution in [3.8, 4) is 5.75 Å². The minimum absolute atomic E-state index is 0.0375. The van der Waals surface area contributed by atoms with Crippen LogP contribution in [0.3, 0.4) is 0 Å². The second-order valence-electron chi connectivity index (χ2n) is 3.80. The summed E-state index contributed by atoms with van der Waals surface area (Å²) in [5.41, 5.74) is 0.928. The van der Waals surface area contributed by atoms with Crippen LogP contribution in [-0.4, -0.2) is 23.5 Å².